The van der Waals surface area contributed by atoms with Crippen molar-refractivity contribution in [1.82, 2.24) is 0 Å². The maximum atomic E-state index is 10.8. The molecule has 0 aliphatic heterocycles. The van der Waals surface area contributed by atoms with Crippen LogP contribution in [0.4, 0.5) is 11.4 Å². The molecule has 0 heterocycles. The molecule has 0 radical (unpaired) electrons. The number of thioether (sulfide) groups is 1. The van der Waals surface area contributed by atoms with Crippen molar-refractivity contribution in [3.05, 3.63) is 62.6 Å². The first-order chi connectivity index (χ1) is 9.60. The summed E-state index contributed by atoms with van der Waals surface area (Å²) in [5.41, 5.74) is 1.92. The highest BCUT2D eigenvalue weighted by atomic mass is 79.9. The van der Waals surface area contributed by atoms with Crippen LogP contribution in [-0.2, 0) is 6.54 Å². The topological polar surface area (TPSA) is 55.2 Å². The van der Waals surface area contributed by atoms with Gasteiger partial charge < -0.3 is 5.32 Å². The molecule has 4 nitrogen and oxygen atoms in total. The number of rotatable bonds is 5. The molecule has 0 spiro atoms. The van der Waals surface area contributed by atoms with Crippen LogP contribution in [0, 0.1) is 10.1 Å². The van der Waals surface area contributed by atoms with Crippen LogP contribution in [0.5, 0.6) is 0 Å². The number of nitro groups is 1. The quantitative estimate of drug-likeness (QED) is 0.481. The highest BCUT2D eigenvalue weighted by Crippen LogP contribution is 2.27. The first kappa shape index (κ1) is 14.9. The Morgan fingerprint density at radius 3 is 2.55 bits per heavy atom. The van der Waals surface area contributed by atoms with Crippen molar-refractivity contribution >= 4 is 39.1 Å². The fourth-order valence-electron chi connectivity index (χ4n) is 1.70. The maximum Gasteiger partial charge on any atom is 0.271 e. The number of non-ortho nitro benzene ring substituents is 1. The summed E-state index contributed by atoms with van der Waals surface area (Å²) in [4.78, 5) is 11.6. The first-order valence-electron chi connectivity index (χ1n) is 5.91. The molecule has 20 heavy (non-hydrogen) atoms. The molecule has 6 heteroatoms. The Morgan fingerprint density at radius 2 is 1.95 bits per heavy atom. The van der Waals surface area contributed by atoms with Crippen molar-refractivity contribution < 1.29 is 4.92 Å². The molecule has 0 bridgehead atoms. The van der Waals surface area contributed by atoms with Crippen molar-refractivity contribution in [3.8, 4) is 0 Å². The van der Waals surface area contributed by atoms with Gasteiger partial charge in [0.2, 0.25) is 0 Å². The van der Waals surface area contributed by atoms with Gasteiger partial charge in [0.1, 0.15) is 0 Å². The third-order valence-corrected chi connectivity index (χ3v) is 4.24. The summed E-state index contributed by atoms with van der Waals surface area (Å²) in [7, 11) is 0. The van der Waals surface area contributed by atoms with Gasteiger partial charge in [0.25, 0.3) is 5.69 Å². The molecule has 2 aromatic rings. The van der Waals surface area contributed by atoms with E-state index in [2.05, 4.69) is 33.4 Å². The van der Waals surface area contributed by atoms with Crippen molar-refractivity contribution in [2.24, 2.45) is 0 Å². The first-order valence-corrected chi connectivity index (χ1v) is 7.92. The van der Waals surface area contributed by atoms with Crippen LogP contribution < -0.4 is 5.32 Å². The standard InChI is InChI=1S/C14H13BrN2O2S/c1-20-12-5-2-10(3-6-12)9-16-14-8-11(17(18)19)4-7-13(14)15/h2-8,16H,9H2,1H3. The smallest absolute Gasteiger partial charge is 0.271 e. The molecule has 2 aromatic carbocycles. The second-order valence-corrected chi connectivity index (χ2v) is 5.86. The second kappa shape index (κ2) is 6.76. The van der Waals surface area contributed by atoms with Crippen LogP contribution in [0.25, 0.3) is 0 Å². The summed E-state index contributed by atoms with van der Waals surface area (Å²) in [6.07, 6.45) is 2.04. The molecule has 104 valence electrons. The predicted molar refractivity (Wildman–Crippen MR) is 86.3 cm³/mol. The number of nitrogens with zero attached hydrogens (tertiary/aromatic N) is 1. The normalized spacial score (nSPS) is 10.3. The Kier molecular flexibility index (Phi) is 5.03. The van der Waals surface area contributed by atoms with Gasteiger partial charge in [-0.2, -0.15) is 0 Å². The summed E-state index contributed by atoms with van der Waals surface area (Å²) in [5, 5.41) is 14.0. The molecule has 0 aliphatic carbocycles. The Bertz CT molecular complexity index is 617. The molecular formula is C14H13BrN2O2S. The minimum Gasteiger partial charge on any atom is -0.380 e. The van der Waals surface area contributed by atoms with E-state index in [1.807, 2.05) is 18.4 Å². The largest absolute Gasteiger partial charge is 0.380 e. The van der Waals surface area contributed by atoms with Crippen LogP contribution in [0.3, 0.4) is 0 Å². The van der Waals surface area contributed by atoms with Crippen LogP contribution in [-0.4, -0.2) is 11.2 Å². The summed E-state index contributed by atoms with van der Waals surface area (Å²) in [5.74, 6) is 0. The molecule has 0 unspecified atom stereocenters. The van der Waals surface area contributed by atoms with E-state index < -0.39 is 4.92 Å². The highest BCUT2D eigenvalue weighted by molar-refractivity contribution is 9.10. The maximum absolute atomic E-state index is 10.8. The molecule has 0 aromatic heterocycles. The fourth-order valence-corrected chi connectivity index (χ4v) is 2.50. The lowest BCUT2D eigenvalue weighted by atomic mass is 10.2. The summed E-state index contributed by atoms with van der Waals surface area (Å²) in [6.45, 7) is 0.619. The number of anilines is 1. The van der Waals surface area contributed by atoms with Gasteiger partial charge in [-0.1, -0.05) is 12.1 Å². The SMILES string of the molecule is CSc1ccc(CNc2cc([N+](=O)[O-])ccc2Br)cc1. The van der Waals surface area contributed by atoms with Crippen LogP contribution in [0.2, 0.25) is 0 Å². The molecule has 1 N–H and O–H groups in total. The minimum atomic E-state index is -0.398. The van der Waals surface area contributed by atoms with Gasteiger partial charge in [-0.25, -0.2) is 0 Å². The van der Waals surface area contributed by atoms with E-state index in [4.69, 9.17) is 0 Å². The van der Waals surface area contributed by atoms with E-state index >= 15 is 0 Å². The van der Waals surface area contributed by atoms with Crippen molar-refractivity contribution in [2.75, 3.05) is 11.6 Å². The number of hydrogen-bond donors (Lipinski definition) is 1. The third-order valence-electron chi connectivity index (χ3n) is 2.80. The molecule has 0 fully saturated rings. The highest BCUT2D eigenvalue weighted by Gasteiger charge is 2.09. The van der Waals surface area contributed by atoms with Gasteiger partial charge in [0.15, 0.2) is 0 Å². The van der Waals surface area contributed by atoms with Crippen molar-refractivity contribution in [1.29, 1.82) is 0 Å². The molecule has 2 rings (SSSR count). The van der Waals surface area contributed by atoms with Gasteiger partial charge in [-0.15, -0.1) is 11.8 Å². The lowest BCUT2D eigenvalue weighted by Crippen LogP contribution is -2.00. The van der Waals surface area contributed by atoms with E-state index in [-0.39, 0.29) is 5.69 Å². The predicted octanol–water partition coefficient (Wildman–Crippen LogP) is 4.69. The van der Waals surface area contributed by atoms with E-state index in [1.54, 1.807) is 17.8 Å². The average Bonchev–Trinajstić information content (AvgIpc) is 2.46. The zero-order chi connectivity index (χ0) is 14.5. The molecule has 0 atom stereocenters. The molecule has 0 saturated heterocycles. The average molecular weight is 353 g/mol. The number of halogens is 1. The Morgan fingerprint density at radius 1 is 1.25 bits per heavy atom. The number of hydrogen-bond acceptors (Lipinski definition) is 4. The summed E-state index contributed by atoms with van der Waals surface area (Å²) in [6, 6.07) is 12.9. The number of benzene rings is 2. The van der Waals surface area contributed by atoms with Gasteiger partial charge in [0.05, 0.1) is 10.6 Å². The Labute approximate surface area is 129 Å². The molecule has 0 saturated carbocycles. The summed E-state index contributed by atoms with van der Waals surface area (Å²) < 4.78 is 0.809. The molecule has 0 amide bonds. The van der Waals surface area contributed by atoms with Gasteiger partial charge in [-0.05, 0) is 45.9 Å². The van der Waals surface area contributed by atoms with Crippen LogP contribution in [0.1, 0.15) is 5.56 Å². The van der Waals surface area contributed by atoms with E-state index in [0.717, 1.165) is 10.0 Å². The monoisotopic (exact) mass is 352 g/mol. The van der Waals surface area contributed by atoms with E-state index in [9.17, 15) is 10.1 Å². The lowest BCUT2D eigenvalue weighted by Gasteiger charge is -2.09. The van der Waals surface area contributed by atoms with Crippen molar-refractivity contribution in [3.63, 3.8) is 0 Å². The van der Waals surface area contributed by atoms with E-state index in [0.29, 0.717) is 12.2 Å². The van der Waals surface area contributed by atoms with Crippen LogP contribution in [0.15, 0.2) is 51.8 Å². The number of nitro benzene ring substituents is 1. The number of nitrogens with one attached hydrogen (secondary N) is 1. The van der Waals surface area contributed by atoms with Crippen molar-refractivity contribution in [2.45, 2.75) is 11.4 Å². The zero-order valence-electron chi connectivity index (χ0n) is 10.8. The zero-order valence-corrected chi connectivity index (χ0v) is 13.2. The van der Waals surface area contributed by atoms with Gasteiger partial charge >= 0.3 is 0 Å². The fraction of sp³-hybridized carbons (Fsp3) is 0.143. The lowest BCUT2D eigenvalue weighted by molar-refractivity contribution is -0.384. The Hall–Kier alpha value is -1.53. The molecular weight excluding hydrogens is 340 g/mol. The minimum absolute atomic E-state index is 0.0773. The summed E-state index contributed by atoms with van der Waals surface area (Å²) >= 11 is 5.08. The Balaban J connectivity index is 2.09. The second-order valence-electron chi connectivity index (χ2n) is 4.12. The molecule has 0 aliphatic rings. The van der Waals surface area contributed by atoms with Gasteiger partial charge in [0, 0.05) is 28.0 Å². The van der Waals surface area contributed by atoms with E-state index in [1.165, 1.54) is 17.0 Å². The van der Waals surface area contributed by atoms with Gasteiger partial charge in [-0.3, -0.25) is 10.1 Å². The van der Waals surface area contributed by atoms with Crippen LogP contribution >= 0.6 is 27.7 Å². The third kappa shape index (κ3) is 3.74.